The summed E-state index contributed by atoms with van der Waals surface area (Å²) in [7, 11) is -4.74. The zero-order chi connectivity index (χ0) is 20.5. The van der Waals surface area contributed by atoms with Crippen molar-refractivity contribution >= 4 is 19.6 Å². The standard InChI is InChI=1S/C19H13O7P/c1-3-4-5-6-7-8-9-10-11-12-13-19(21)26-18(15-14-17(2)20)16-25-27(22,23)24/h1,18H,14-16H2,2H3,(H2,22,23,24)/t18-/m0/s1. The molecule has 0 saturated heterocycles. The van der Waals surface area contributed by atoms with Crippen molar-refractivity contribution in [1.29, 1.82) is 0 Å². The summed E-state index contributed by atoms with van der Waals surface area (Å²) >= 11 is 0. The molecule has 0 rings (SSSR count). The molecule has 0 aliphatic rings. The normalized spacial score (nSPS) is 9.41. The minimum atomic E-state index is -4.74. The third-order valence-electron chi connectivity index (χ3n) is 2.26. The number of phosphoric acid groups is 1. The van der Waals surface area contributed by atoms with Crippen molar-refractivity contribution in [3.63, 3.8) is 0 Å². The first kappa shape index (κ1) is 23.6. The highest BCUT2D eigenvalue weighted by Crippen LogP contribution is 2.36. The van der Waals surface area contributed by atoms with Crippen molar-refractivity contribution in [2.45, 2.75) is 25.9 Å². The van der Waals surface area contributed by atoms with E-state index in [-0.39, 0.29) is 18.6 Å². The Labute approximate surface area is 157 Å². The summed E-state index contributed by atoms with van der Waals surface area (Å²) in [4.78, 5) is 39.9. The van der Waals surface area contributed by atoms with E-state index in [1.807, 2.05) is 5.92 Å². The van der Waals surface area contributed by atoms with Gasteiger partial charge >= 0.3 is 13.8 Å². The zero-order valence-corrected chi connectivity index (χ0v) is 15.1. The molecule has 0 bridgehead atoms. The van der Waals surface area contributed by atoms with Gasteiger partial charge < -0.3 is 19.3 Å². The van der Waals surface area contributed by atoms with Crippen LogP contribution in [-0.2, 0) is 23.4 Å². The predicted octanol–water partition coefficient (Wildman–Crippen LogP) is 0.0269. The van der Waals surface area contributed by atoms with Crippen molar-refractivity contribution < 1.29 is 33.2 Å². The van der Waals surface area contributed by atoms with E-state index in [1.54, 1.807) is 0 Å². The summed E-state index contributed by atoms with van der Waals surface area (Å²) < 4.78 is 19.9. The van der Waals surface area contributed by atoms with Crippen LogP contribution in [0.2, 0.25) is 0 Å². The van der Waals surface area contributed by atoms with Gasteiger partial charge in [0.05, 0.1) is 6.61 Å². The van der Waals surface area contributed by atoms with Gasteiger partial charge in [-0.3, -0.25) is 4.52 Å². The van der Waals surface area contributed by atoms with E-state index in [2.05, 4.69) is 63.7 Å². The highest BCUT2D eigenvalue weighted by Gasteiger charge is 2.21. The lowest BCUT2D eigenvalue weighted by molar-refractivity contribution is -0.144. The Morgan fingerprint density at radius 3 is 2.00 bits per heavy atom. The average Bonchev–Trinajstić information content (AvgIpc) is 2.58. The van der Waals surface area contributed by atoms with Crippen LogP contribution in [0.5, 0.6) is 0 Å². The molecule has 7 nitrogen and oxygen atoms in total. The number of Topliss-reactive ketones (excluding diaryl/α,β-unsaturated/α-hetero) is 1. The molecule has 8 heteroatoms. The molecule has 136 valence electrons. The first-order chi connectivity index (χ1) is 12.7. The Balaban J connectivity index is 4.71. The van der Waals surface area contributed by atoms with Gasteiger partial charge in [0.2, 0.25) is 0 Å². The number of carbonyl (C=O) groups is 2. The first-order valence-electron chi connectivity index (χ1n) is 7.11. The quantitative estimate of drug-likeness (QED) is 0.276. The van der Waals surface area contributed by atoms with E-state index < -0.39 is 26.5 Å². The molecule has 2 N–H and O–H groups in total. The molecule has 0 amide bonds. The Morgan fingerprint density at radius 2 is 1.52 bits per heavy atom. The third-order valence-corrected chi connectivity index (χ3v) is 2.74. The fraction of sp³-hybridized carbons (Fsp3) is 0.263. The van der Waals surface area contributed by atoms with Crippen LogP contribution in [0.4, 0.5) is 0 Å². The Bertz CT molecular complexity index is 954. The first-order valence-corrected chi connectivity index (χ1v) is 8.64. The summed E-state index contributed by atoms with van der Waals surface area (Å²) in [5.74, 6) is 23.8. The lowest BCUT2D eigenvalue weighted by Crippen LogP contribution is -2.23. The molecule has 27 heavy (non-hydrogen) atoms. The third kappa shape index (κ3) is 17.2. The molecule has 0 spiro atoms. The Kier molecular flexibility index (Phi) is 12.1. The van der Waals surface area contributed by atoms with Crippen molar-refractivity contribution in [3.05, 3.63) is 0 Å². The van der Waals surface area contributed by atoms with Gasteiger partial charge in [-0.2, -0.15) is 0 Å². The van der Waals surface area contributed by atoms with E-state index in [9.17, 15) is 14.2 Å². The number of ketones is 1. The summed E-state index contributed by atoms with van der Waals surface area (Å²) in [5.41, 5.74) is 0. The van der Waals surface area contributed by atoms with Gasteiger partial charge in [-0.15, -0.1) is 6.42 Å². The molecule has 0 radical (unpaired) electrons. The molecule has 0 aromatic rings. The summed E-state index contributed by atoms with van der Waals surface area (Å²) in [6, 6.07) is 0. The minimum absolute atomic E-state index is 0.0289. The van der Waals surface area contributed by atoms with E-state index in [0.717, 1.165) is 0 Å². The number of esters is 1. The molecule has 0 aliphatic heterocycles. The molecule has 0 aliphatic carbocycles. The van der Waals surface area contributed by atoms with E-state index in [0.29, 0.717) is 0 Å². The van der Waals surface area contributed by atoms with Crippen LogP contribution >= 0.6 is 7.82 Å². The maximum atomic E-state index is 11.6. The predicted molar refractivity (Wildman–Crippen MR) is 95.5 cm³/mol. The number of terminal acetylenes is 1. The number of phosphoric ester groups is 1. The van der Waals surface area contributed by atoms with Crippen LogP contribution < -0.4 is 0 Å². The van der Waals surface area contributed by atoms with Gasteiger partial charge in [-0.1, -0.05) is 0 Å². The number of hydrogen-bond acceptors (Lipinski definition) is 5. The number of rotatable bonds is 7. The number of ether oxygens (including phenoxy) is 1. The van der Waals surface area contributed by atoms with Crippen molar-refractivity contribution in [2.24, 2.45) is 0 Å². The summed E-state index contributed by atoms with van der Waals surface area (Å²) in [6.07, 6.45) is 3.91. The molecule has 0 aromatic carbocycles. The van der Waals surface area contributed by atoms with Gasteiger partial charge in [-0.05, 0) is 72.5 Å². The second kappa shape index (κ2) is 13.9. The average molecular weight is 384 g/mol. The lowest BCUT2D eigenvalue weighted by atomic mass is 10.1. The Morgan fingerprint density at radius 1 is 1.00 bits per heavy atom. The lowest BCUT2D eigenvalue weighted by Gasteiger charge is -2.16. The van der Waals surface area contributed by atoms with Gasteiger partial charge in [0.25, 0.3) is 0 Å². The zero-order valence-electron chi connectivity index (χ0n) is 14.2. The van der Waals surface area contributed by atoms with Crippen LogP contribution in [0.15, 0.2) is 0 Å². The largest absolute Gasteiger partial charge is 0.469 e. The van der Waals surface area contributed by atoms with Gasteiger partial charge in [0.1, 0.15) is 11.9 Å². The van der Waals surface area contributed by atoms with Gasteiger partial charge in [-0.25, -0.2) is 9.36 Å². The van der Waals surface area contributed by atoms with Crippen LogP contribution in [0, 0.1) is 71.5 Å². The van der Waals surface area contributed by atoms with Crippen LogP contribution in [-0.4, -0.2) is 34.3 Å². The number of carbonyl (C=O) groups excluding carboxylic acids is 2. The molecular formula is C19H13O7P. The van der Waals surface area contributed by atoms with E-state index in [4.69, 9.17) is 20.9 Å². The molecule has 0 heterocycles. The van der Waals surface area contributed by atoms with Crippen molar-refractivity contribution in [3.8, 4) is 71.5 Å². The molecular weight excluding hydrogens is 371 g/mol. The Hall–Kier alpha value is -3.39. The molecule has 0 aromatic heterocycles. The smallest absolute Gasteiger partial charge is 0.450 e. The maximum absolute atomic E-state index is 11.6. The second-order valence-electron chi connectivity index (χ2n) is 4.45. The molecule has 0 fully saturated rings. The SMILES string of the molecule is C#CC#CC#CC#CC#CC#CC(=O)O[C@@H](CCC(C)=O)COP(=O)(O)O. The summed E-state index contributed by atoms with van der Waals surface area (Å²) in [5, 5.41) is 0. The topological polar surface area (TPSA) is 110 Å². The highest BCUT2D eigenvalue weighted by atomic mass is 31.2. The van der Waals surface area contributed by atoms with Gasteiger partial charge in [0.15, 0.2) is 0 Å². The molecule has 0 unspecified atom stereocenters. The van der Waals surface area contributed by atoms with Crippen molar-refractivity contribution in [2.75, 3.05) is 6.61 Å². The number of hydrogen-bond donors (Lipinski definition) is 2. The second-order valence-corrected chi connectivity index (χ2v) is 5.69. The van der Waals surface area contributed by atoms with E-state index >= 15 is 0 Å². The summed E-state index contributed by atoms with van der Waals surface area (Å²) in [6.45, 7) is 0.745. The molecule has 0 saturated carbocycles. The monoisotopic (exact) mass is 384 g/mol. The maximum Gasteiger partial charge on any atom is 0.469 e. The van der Waals surface area contributed by atoms with Crippen LogP contribution in [0.25, 0.3) is 0 Å². The van der Waals surface area contributed by atoms with Crippen LogP contribution in [0.3, 0.4) is 0 Å². The van der Waals surface area contributed by atoms with E-state index in [1.165, 1.54) is 6.92 Å². The highest BCUT2D eigenvalue weighted by molar-refractivity contribution is 7.46. The molecule has 1 atom stereocenters. The fourth-order valence-corrected chi connectivity index (χ4v) is 1.60. The van der Waals surface area contributed by atoms with Crippen LogP contribution in [0.1, 0.15) is 19.8 Å². The van der Waals surface area contributed by atoms with Crippen molar-refractivity contribution in [1.82, 2.24) is 0 Å². The van der Waals surface area contributed by atoms with Gasteiger partial charge in [0, 0.05) is 12.3 Å². The minimum Gasteiger partial charge on any atom is -0.450 e. The fourth-order valence-electron chi connectivity index (χ4n) is 1.24.